The van der Waals surface area contributed by atoms with Crippen LogP contribution in [0.1, 0.15) is 54.7 Å². The number of benzene rings is 3. The summed E-state index contributed by atoms with van der Waals surface area (Å²) in [6.45, 7) is 4.59. The van der Waals surface area contributed by atoms with Crippen molar-refractivity contribution in [3.63, 3.8) is 0 Å². The van der Waals surface area contributed by atoms with E-state index >= 15 is 0 Å². The van der Waals surface area contributed by atoms with Crippen molar-refractivity contribution in [1.82, 2.24) is 5.32 Å². The molecule has 7 nitrogen and oxygen atoms in total. The van der Waals surface area contributed by atoms with Crippen molar-refractivity contribution < 1.29 is 28.1 Å². The van der Waals surface area contributed by atoms with Gasteiger partial charge in [-0.25, -0.2) is 4.39 Å². The van der Waals surface area contributed by atoms with Gasteiger partial charge in [0, 0.05) is 44.8 Å². The highest BCUT2D eigenvalue weighted by atomic mass is 19.1. The van der Waals surface area contributed by atoms with E-state index in [0.717, 1.165) is 62.2 Å². The first-order valence-electron chi connectivity index (χ1n) is 15.5. The number of methoxy groups -OCH3 is 1. The number of para-hydroxylation sites is 1. The number of hydrogen-bond donors (Lipinski definition) is 1. The summed E-state index contributed by atoms with van der Waals surface area (Å²) in [7, 11) is 1.69. The monoisotopic (exact) mass is 590 g/mol. The molecule has 2 atom stereocenters. The second-order valence-electron chi connectivity index (χ2n) is 11.2. The third-order valence-electron chi connectivity index (χ3n) is 8.18. The van der Waals surface area contributed by atoms with Crippen LogP contribution in [-0.4, -0.2) is 58.6 Å². The van der Waals surface area contributed by atoms with E-state index in [0.29, 0.717) is 45.1 Å². The number of nitrogens with zero attached hydrogens (tertiary/aromatic N) is 1. The fourth-order valence-corrected chi connectivity index (χ4v) is 5.82. The Hall–Kier alpha value is -3.46. The standard InChI is InChI=1S/C35H43FN2O5/c1-40-20-6-19-38-32-23-26(9-10-28(32)13-16-35(38)39)25-43-34-24-37-18-17-30(34)27-11-14-29(15-12-27)41-21-4-5-22-42-33-8-3-2-7-31(33)36/h2-3,7-12,14-15,23,30,34,37H,4-6,13,16-22,24-25H2,1H3. The van der Waals surface area contributed by atoms with Gasteiger partial charge >= 0.3 is 0 Å². The Labute approximate surface area is 254 Å². The zero-order valence-corrected chi connectivity index (χ0v) is 25.1. The molecule has 2 aliphatic heterocycles. The number of halogens is 1. The third-order valence-corrected chi connectivity index (χ3v) is 8.18. The molecule has 3 aromatic carbocycles. The summed E-state index contributed by atoms with van der Waals surface area (Å²) in [5, 5.41) is 3.49. The molecular weight excluding hydrogens is 547 g/mol. The SMILES string of the molecule is COCCCN1C(=O)CCc2ccc(COC3CNCCC3c3ccc(OCCCCOc4ccccc4F)cc3)cc21. The van der Waals surface area contributed by atoms with E-state index in [-0.39, 0.29) is 23.7 Å². The van der Waals surface area contributed by atoms with Gasteiger partial charge in [0.1, 0.15) is 5.75 Å². The largest absolute Gasteiger partial charge is 0.494 e. The number of amides is 1. The van der Waals surface area contributed by atoms with Crippen LogP contribution in [0.5, 0.6) is 11.5 Å². The molecule has 1 fully saturated rings. The zero-order valence-electron chi connectivity index (χ0n) is 25.1. The molecule has 8 heteroatoms. The fourth-order valence-electron chi connectivity index (χ4n) is 5.82. The number of anilines is 1. The zero-order chi connectivity index (χ0) is 29.9. The second kappa shape index (κ2) is 15.8. The normalized spacial score (nSPS) is 18.4. The number of carbonyl (C=O) groups is 1. The van der Waals surface area contributed by atoms with Crippen molar-refractivity contribution in [3.8, 4) is 11.5 Å². The van der Waals surface area contributed by atoms with Gasteiger partial charge in [0.05, 0.1) is 25.9 Å². The van der Waals surface area contributed by atoms with E-state index in [2.05, 4.69) is 35.6 Å². The molecule has 0 aromatic heterocycles. The summed E-state index contributed by atoms with van der Waals surface area (Å²) in [6, 6.07) is 21.2. The summed E-state index contributed by atoms with van der Waals surface area (Å²) in [5.41, 5.74) is 4.56. The van der Waals surface area contributed by atoms with Crippen molar-refractivity contribution >= 4 is 11.6 Å². The Morgan fingerprint density at radius 3 is 2.56 bits per heavy atom. The van der Waals surface area contributed by atoms with Crippen LogP contribution >= 0.6 is 0 Å². The number of carbonyl (C=O) groups excluding carboxylic acids is 1. The number of fused-ring (bicyclic) bond motifs is 1. The summed E-state index contributed by atoms with van der Waals surface area (Å²) in [4.78, 5) is 14.6. The Morgan fingerprint density at radius 1 is 0.930 bits per heavy atom. The van der Waals surface area contributed by atoms with Crippen LogP contribution in [0.4, 0.5) is 10.1 Å². The topological polar surface area (TPSA) is 69.3 Å². The predicted octanol–water partition coefficient (Wildman–Crippen LogP) is 6.04. The van der Waals surface area contributed by atoms with E-state index in [1.165, 1.54) is 17.2 Å². The number of unbranched alkanes of at least 4 members (excludes halogenated alkanes) is 1. The lowest BCUT2D eigenvalue weighted by Crippen LogP contribution is -2.41. The van der Waals surface area contributed by atoms with Crippen molar-refractivity contribution in [2.75, 3.05) is 51.5 Å². The van der Waals surface area contributed by atoms with Gasteiger partial charge in [-0.3, -0.25) is 4.79 Å². The van der Waals surface area contributed by atoms with Crippen molar-refractivity contribution in [3.05, 3.63) is 89.2 Å². The van der Waals surface area contributed by atoms with Gasteiger partial charge in [0.15, 0.2) is 11.6 Å². The number of rotatable bonds is 15. The molecule has 1 N–H and O–H groups in total. The Balaban J connectivity index is 1.10. The average molecular weight is 591 g/mol. The predicted molar refractivity (Wildman–Crippen MR) is 165 cm³/mol. The van der Waals surface area contributed by atoms with Gasteiger partial charge in [-0.15, -0.1) is 0 Å². The van der Waals surface area contributed by atoms with Gasteiger partial charge in [-0.1, -0.05) is 36.4 Å². The highest BCUT2D eigenvalue weighted by molar-refractivity contribution is 5.96. The Bertz CT molecular complexity index is 1320. The lowest BCUT2D eigenvalue weighted by Gasteiger charge is -2.33. The lowest BCUT2D eigenvalue weighted by atomic mass is 9.87. The number of piperidine rings is 1. The fraction of sp³-hybridized carbons (Fsp3) is 0.457. The summed E-state index contributed by atoms with van der Waals surface area (Å²) >= 11 is 0. The minimum absolute atomic E-state index is 0.0467. The van der Waals surface area contributed by atoms with Gasteiger partial charge in [0.2, 0.25) is 5.91 Å². The molecular formula is C35H43FN2O5. The van der Waals surface area contributed by atoms with Crippen LogP contribution in [0.3, 0.4) is 0 Å². The summed E-state index contributed by atoms with van der Waals surface area (Å²) in [6.07, 6.45) is 4.81. The molecule has 0 radical (unpaired) electrons. The first-order chi connectivity index (χ1) is 21.1. The van der Waals surface area contributed by atoms with Crippen LogP contribution in [0, 0.1) is 5.82 Å². The molecule has 0 spiro atoms. The minimum atomic E-state index is -0.336. The van der Waals surface area contributed by atoms with Crippen LogP contribution in [0.2, 0.25) is 0 Å². The van der Waals surface area contributed by atoms with E-state index < -0.39 is 0 Å². The van der Waals surface area contributed by atoms with Crippen LogP contribution in [0.15, 0.2) is 66.7 Å². The average Bonchev–Trinajstić information content (AvgIpc) is 3.04. The maximum atomic E-state index is 13.6. The van der Waals surface area contributed by atoms with Gasteiger partial charge in [0.25, 0.3) is 0 Å². The molecule has 43 heavy (non-hydrogen) atoms. The molecule has 2 unspecified atom stereocenters. The number of hydrogen-bond acceptors (Lipinski definition) is 6. The molecule has 3 aromatic rings. The van der Waals surface area contributed by atoms with Crippen LogP contribution < -0.4 is 19.7 Å². The Morgan fingerprint density at radius 2 is 1.74 bits per heavy atom. The third kappa shape index (κ3) is 8.56. The van der Waals surface area contributed by atoms with Gasteiger partial charge in [-0.2, -0.15) is 0 Å². The van der Waals surface area contributed by atoms with Crippen molar-refractivity contribution in [2.45, 2.75) is 57.2 Å². The van der Waals surface area contributed by atoms with Crippen molar-refractivity contribution in [1.29, 1.82) is 0 Å². The van der Waals surface area contributed by atoms with E-state index in [1.54, 1.807) is 25.3 Å². The highest BCUT2D eigenvalue weighted by Gasteiger charge is 2.28. The van der Waals surface area contributed by atoms with Gasteiger partial charge < -0.3 is 29.2 Å². The van der Waals surface area contributed by atoms with Crippen LogP contribution in [0.25, 0.3) is 0 Å². The molecule has 2 aliphatic rings. The number of nitrogens with one attached hydrogen (secondary N) is 1. The minimum Gasteiger partial charge on any atom is -0.494 e. The maximum absolute atomic E-state index is 13.6. The molecule has 230 valence electrons. The first-order valence-corrected chi connectivity index (χ1v) is 15.5. The molecule has 0 aliphatic carbocycles. The smallest absolute Gasteiger partial charge is 0.227 e. The summed E-state index contributed by atoms with van der Waals surface area (Å²) in [5.74, 6) is 1.26. The quantitative estimate of drug-likeness (QED) is 0.218. The Kier molecular flexibility index (Phi) is 11.4. The van der Waals surface area contributed by atoms with Crippen LogP contribution in [-0.2, 0) is 27.3 Å². The second-order valence-corrected chi connectivity index (χ2v) is 11.2. The summed E-state index contributed by atoms with van der Waals surface area (Å²) < 4.78 is 36.8. The van der Waals surface area contributed by atoms with Gasteiger partial charge in [-0.05, 0) is 85.7 Å². The lowest BCUT2D eigenvalue weighted by molar-refractivity contribution is -0.118. The first kappa shape index (κ1) is 31.0. The van der Waals surface area contributed by atoms with E-state index in [1.807, 2.05) is 17.0 Å². The molecule has 1 amide bonds. The molecule has 5 rings (SSSR count). The van der Waals surface area contributed by atoms with E-state index in [4.69, 9.17) is 18.9 Å². The number of aryl methyl sites for hydroxylation is 1. The molecule has 1 saturated heterocycles. The number of ether oxygens (including phenoxy) is 4. The molecule has 0 saturated carbocycles. The van der Waals surface area contributed by atoms with Crippen molar-refractivity contribution in [2.24, 2.45) is 0 Å². The maximum Gasteiger partial charge on any atom is 0.227 e. The molecule has 0 bridgehead atoms. The molecule has 2 heterocycles. The highest BCUT2D eigenvalue weighted by Crippen LogP contribution is 2.32. The van der Waals surface area contributed by atoms with E-state index in [9.17, 15) is 9.18 Å².